The highest BCUT2D eigenvalue weighted by molar-refractivity contribution is 6.35. The highest BCUT2D eigenvalue weighted by atomic mass is 35.5. The van der Waals surface area contributed by atoms with Crippen LogP contribution in [-0.2, 0) is 35.0 Å². The average molecular weight is 650 g/mol. The van der Waals surface area contributed by atoms with Gasteiger partial charge in [-0.25, -0.2) is 4.79 Å². The van der Waals surface area contributed by atoms with E-state index >= 15 is 0 Å². The van der Waals surface area contributed by atoms with Gasteiger partial charge in [-0.15, -0.1) is 0 Å². The van der Waals surface area contributed by atoms with E-state index < -0.39 is 59.8 Å². The fourth-order valence-electron chi connectivity index (χ4n) is 5.97. The van der Waals surface area contributed by atoms with Crippen LogP contribution in [0.2, 0.25) is 5.02 Å². The molecule has 2 fully saturated rings. The number of hydrogen-bond acceptors (Lipinski definition) is 10. The average Bonchev–Trinajstić information content (AvgIpc) is 3.69. The van der Waals surface area contributed by atoms with Crippen molar-refractivity contribution in [1.82, 2.24) is 10.6 Å². The second kappa shape index (κ2) is 13.7. The molecule has 12 nitrogen and oxygen atoms in total. The van der Waals surface area contributed by atoms with Crippen molar-refractivity contribution in [2.45, 2.75) is 88.7 Å². The Morgan fingerprint density at radius 3 is 2.64 bits per heavy atom. The van der Waals surface area contributed by atoms with Gasteiger partial charge in [0.2, 0.25) is 5.91 Å². The molecule has 1 aromatic carbocycles. The summed E-state index contributed by atoms with van der Waals surface area (Å²) in [5, 5.41) is 17.2. The van der Waals surface area contributed by atoms with Crippen LogP contribution < -0.4 is 20.3 Å². The number of ether oxygens (including phenoxy) is 5. The van der Waals surface area contributed by atoms with Crippen LogP contribution in [-0.4, -0.2) is 93.2 Å². The fourth-order valence-corrected chi connectivity index (χ4v) is 6.28. The van der Waals surface area contributed by atoms with Gasteiger partial charge in [-0.2, -0.15) is 0 Å². The van der Waals surface area contributed by atoms with Crippen molar-refractivity contribution in [3.05, 3.63) is 46.5 Å². The number of alkyl carbamates (subject to hydrolysis) is 1. The molecule has 248 valence electrons. The molecule has 0 radical (unpaired) electrons. The molecule has 0 aromatic heterocycles. The summed E-state index contributed by atoms with van der Waals surface area (Å²) in [4.78, 5) is 40.9. The lowest BCUT2D eigenvalue weighted by Crippen LogP contribution is -2.63. The maximum atomic E-state index is 13.8. The summed E-state index contributed by atoms with van der Waals surface area (Å²) in [6, 6.07) is 2.99. The molecule has 1 aromatic rings. The third kappa shape index (κ3) is 7.30. The molecular weight excluding hydrogens is 606 g/mol. The highest BCUT2D eigenvalue weighted by Gasteiger charge is 2.64. The zero-order chi connectivity index (χ0) is 33.3. The van der Waals surface area contributed by atoms with Gasteiger partial charge in [0.1, 0.15) is 40.7 Å². The largest absolute Gasteiger partial charge is 0.495 e. The number of nitrogens with one attached hydrogen (secondary N) is 2. The van der Waals surface area contributed by atoms with Crippen molar-refractivity contribution in [1.29, 1.82) is 0 Å². The lowest BCUT2D eigenvalue weighted by molar-refractivity contribution is -0.155. The molecule has 0 saturated carbocycles. The molecule has 4 rings (SSSR count). The van der Waals surface area contributed by atoms with Crippen molar-refractivity contribution < 1.29 is 43.2 Å². The summed E-state index contributed by atoms with van der Waals surface area (Å²) in [5.41, 5.74) is -0.646. The molecule has 3 aliphatic heterocycles. The maximum Gasteiger partial charge on any atom is 0.409 e. The molecule has 3 aliphatic rings. The number of benzene rings is 1. The quantitative estimate of drug-likeness (QED) is 0.321. The first-order valence-corrected chi connectivity index (χ1v) is 15.3. The number of esters is 1. The zero-order valence-electron chi connectivity index (χ0n) is 27.0. The van der Waals surface area contributed by atoms with Gasteiger partial charge in [-0.1, -0.05) is 42.3 Å². The van der Waals surface area contributed by atoms with Gasteiger partial charge in [0.05, 0.1) is 25.3 Å². The number of aliphatic hydroxyl groups is 1. The predicted octanol–water partition coefficient (Wildman–Crippen LogP) is 3.28. The molecular formula is C32H44ClN3O9. The van der Waals surface area contributed by atoms with E-state index in [9.17, 15) is 19.5 Å². The first kappa shape index (κ1) is 34.7. The number of anilines is 1. The van der Waals surface area contributed by atoms with Crippen molar-refractivity contribution in [3.8, 4) is 5.75 Å². The second-order valence-corrected chi connectivity index (χ2v) is 12.6. The number of amides is 2. The molecule has 2 amide bonds. The van der Waals surface area contributed by atoms with Gasteiger partial charge in [0.15, 0.2) is 5.72 Å². The van der Waals surface area contributed by atoms with E-state index in [1.54, 1.807) is 46.2 Å². The van der Waals surface area contributed by atoms with E-state index in [1.807, 2.05) is 26.0 Å². The standard InChI is InChI=1S/C32H44ClN3O9/c1-17-10-9-11-24(42-8)32(40)16-23(43-30(39)35-32)18(2)28-31(4,45-28)25(44-29(38)19(3)34-5)15-26(37)36(6)21-13-20(12-17)14-22(41-7)27(21)33/h9-11,13-14,18-19,23-25,28,34,40H,12,15-16H2,1-8H3,(H,35,39)/t18?,19-,23-,24+,25-,28-,31-,32-/m0/s1. The number of hydrogen-bond donors (Lipinski definition) is 3. The monoisotopic (exact) mass is 649 g/mol. The van der Waals surface area contributed by atoms with E-state index in [-0.39, 0.29) is 23.8 Å². The third-order valence-electron chi connectivity index (χ3n) is 9.00. The molecule has 2 saturated heterocycles. The minimum Gasteiger partial charge on any atom is -0.495 e. The van der Waals surface area contributed by atoms with Gasteiger partial charge in [0, 0.05) is 26.5 Å². The molecule has 0 aliphatic carbocycles. The Balaban J connectivity index is 1.80. The first-order valence-electron chi connectivity index (χ1n) is 14.9. The normalized spacial score (nSPS) is 32.9. The summed E-state index contributed by atoms with van der Waals surface area (Å²) >= 11 is 6.69. The Morgan fingerprint density at radius 1 is 1.29 bits per heavy atom. The van der Waals surface area contributed by atoms with Crippen LogP contribution in [0.15, 0.2) is 35.9 Å². The van der Waals surface area contributed by atoms with Gasteiger partial charge in [0.25, 0.3) is 0 Å². The zero-order valence-corrected chi connectivity index (χ0v) is 27.8. The van der Waals surface area contributed by atoms with Crippen LogP contribution in [0.1, 0.15) is 46.1 Å². The Morgan fingerprint density at radius 2 is 2.00 bits per heavy atom. The highest BCUT2D eigenvalue weighted by Crippen LogP contribution is 2.49. The summed E-state index contributed by atoms with van der Waals surface area (Å²) in [6.45, 7) is 7.17. The number of allylic oxidation sites excluding steroid dienone is 3. The number of nitrogens with zero attached hydrogens (tertiary/aromatic N) is 1. The number of carbonyl (C=O) groups is 3. The SMILES string of the molecule is CN[C@@H](C)C(=O)O[C@H]1CC(=O)N(C)c2cc(cc(OC)c2Cl)CC(C)=CC=C[C@@H](OC)[C@@]2(O)C[C@H](OC(=O)N2)C(C)[C@@H]2O[C@@]12C. The first-order chi connectivity index (χ1) is 21.2. The predicted molar refractivity (Wildman–Crippen MR) is 167 cm³/mol. The molecule has 1 unspecified atom stereocenters. The molecule has 3 heterocycles. The van der Waals surface area contributed by atoms with Crippen LogP contribution in [0.4, 0.5) is 10.5 Å². The molecule has 4 bridgehead atoms. The molecule has 45 heavy (non-hydrogen) atoms. The smallest absolute Gasteiger partial charge is 0.409 e. The van der Waals surface area contributed by atoms with E-state index in [1.165, 1.54) is 19.1 Å². The van der Waals surface area contributed by atoms with Crippen LogP contribution in [0.25, 0.3) is 0 Å². The second-order valence-electron chi connectivity index (χ2n) is 12.2. The van der Waals surface area contributed by atoms with Gasteiger partial charge >= 0.3 is 12.1 Å². The summed E-state index contributed by atoms with van der Waals surface area (Å²) in [7, 11) is 6.18. The van der Waals surface area contributed by atoms with Crippen molar-refractivity contribution in [3.63, 3.8) is 0 Å². The topological polar surface area (TPSA) is 148 Å². The van der Waals surface area contributed by atoms with E-state index in [0.29, 0.717) is 17.9 Å². The number of rotatable bonds is 5. The minimum atomic E-state index is -1.78. The Bertz CT molecular complexity index is 1370. The van der Waals surface area contributed by atoms with Crippen LogP contribution in [0, 0.1) is 5.92 Å². The van der Waals surface area contributed by atoms with Crippen molar-refractivity contribution in [2.24, 2.45) is 5.92 Å². The van der Waals surface area contributed by atoms with Crippen molar-refractivity contribution >= 4 is 35.3 Å². The summed E-state index contributed by atoms with van der Waals surface area (Å²) in [6.07, 6.45) is 1.52. The van der Waals surface area contributed by atoms with E-state index in [4.69, 9.17) is 35.3 Å². The number of likely N-dealkylation sites (N-methyl/N-ethyl adjacent to an activating group) is 1. The molecule has 8 atom stereocenters. The third-order valence-corrected chi connectivity index (χ3v) is 9.38. The Labute approximate surface area is 269 Å². The van der Waals surface area contributed by atoms with E-state index in [0.717, 1.165) is 11.1 Å². The van der Waals surface area contributed by atoms with Gasteiger partial charge in [-0.05, 0) is 51.9 Å². The summed E-state index contributed by atoms with van der Waals surface area (Å²) in [5.74, 6) is -0.974. The lowest BCUT2D eigenvalue weighted by atomic mass is 9.83. The number of carbonyl (C=O) groups excluding carboxylic acids is 3. The fraction of sp³-hybridized carbons (Fsp3) is 0.594. The number of fused-ring (bicyclic) bond motifs is 5. The Kier molecular flexibility index (Phi) is 10.6. The van der Waals surface area contributed by atoms with Crippen LogP contribution in [0.3, 0.4) is 0 Å². The number of epoxide rings is 1. The van der Waals surface area contributed by atoms with Crippen LogP contribution >= 0.6 is 11.6 Å². The lowest BCUT2D eigenvalue weighted by Gasteiger charge is -2.42. The van der Waals surface area contributed by atoms with Crippen molar-refractivity contribution in [2.75, 3.05) is 33.2 Å². The van der Waals surface area contributed by atoms with E-state index in [2.05, 4.69) is 10.6 Å². The maximum absolute atomic E-state index is 13.8. The van der Waals surface area contributed by atoms with Crippen LogP contribution in [0.5, 0.6) is 5.75 Å². The molecule has 0 spiro atoms. The minimum absolute atomic E-state index is 0.00553. The Hall–Kier alpha value is -3.16. The van der Waals surface area contributed by atoms with Gasteiger partial charge < -0.3 is 39.0 Å². The number of halogens is 1. The molecule has 13 heteroatoms. The number of methoxy groups -OCH3 is 2. The summed E-state index contributed by atoms with van der Waals surface area (Å²) < 4.78 is 28.8. The van der Waals surface area contributed by atoms with Gasteiger partial charge in [-0.3, -0.25) is 14.9 Å². The molecule has 3 N–H and O–H groups in total.